The van der Waals surface area contributed by atoms with Crippen LogP contribution in [0.25, 0.3) is 0 Å². The summed E-state index contributed by atoms with van der Waals surface area (Å²) in [5, 5.41) is 0. The first-order chi connectivity index (χ1) is 14.0. The molecule has 0 aromatic heterocycles. The van der Waals surface area contributed by atoms with Crippen LogP contribution in [0.5, 0.6) is 17.2 Å². The summed E-state index contributed by atoms with van der Waals surface area (Å²) in [4.78, 5) is 4.69. The highest BCUT2D eigenvalue weighted by Gasteiger charge is 2.08. The van der Waals surface area contributed by atoms with Gasteiger partial charge in [-0.1, -0.05) is 29.8 Å². The molecule has 0 amide bonds. The van der Waals surface area contributed by atoms with Crippen LogP contribution in [0, 0.1) is 13.8 Å². The second-order valence-electron chi connectivity index (χ2n) is 6.77. The van der Waals surface area contributed by atoms with Gasteiger partial charge in [0.2, 0.25) is 5.90 Å². The van der Waals surface area contributed by atoms with Gasteiger partial charge in [-0.3, -0.25) is 0 Å². The molecule has 3 rings (SSSR count). The number of methoxy groups -OCH3 is 1. The van der Waals surface area contributed by atoms with Crippen LogP contribution in [-0.2, 0) is 0 Å². The fourth-order valence-electron chi connectivity index (χ4n) is 2.58. The zero-order valence-electron chi connectivity index (χ0n) is 17.2. The van der Waals surface area contributed by atoms with Crippen molar-refractivity contribution in [1.29, 1.82) is 0 Å². The third-order valence-corrected chi connectivity index (χ3v) is 4.24. The Morgan fingerprint density at radius 3 is 2.14 bits per heavy atom. The Kier molecular flexibility index (Phi) is 6.69. The lowest BCUT2D eigenvalue weighted by atomic mass is 10.2. The Balaban J connectivity index is 1.86. The average molecular weight is 387 g/mol. The predicted molar refractivity (Wildman–Crippen MR) is 117 cm³/mol. The molecule has 4 heteroatoms. The zero-order valence-corrected chi connectivity index (χ0v) is 17.2. The Hall–Kier alpha value is -3.53. The third kappa shape index (κ3) is 5.98. The van der Waals surface area contributed by atoms with Gasteiger partial charge in [0, 0.05) is 5.57 Å². The molecule has 148 valence electrons. The smallest absolute Gasteiger partial charge is 0.225 e. The van der Waals surface area contributed by atoms with Gasteiger partial charge in [0.25, 0.3) is 0 Å². The molecule has 0 heterocycles. The van der Waals surface area contributed by atoms with Crippen molar-refractivity contribution in [3.63, 3.8) is 0 Å². The number of hydrogen-bond donors (Lipinski definition) is 0. The van der Waals surface area contributed by atoms with Crippen molar-refractivity contribution in [1.82, 2.24) is 0 Å². The maximum absolute atomic E-state index is 6.10. The van der Waals surface area contributed by atoms with Crippen LogP contribution in [0.1, 0.15) is 18.1 Å². The summed E-state index contributed by atoms with van der Waals surface area (Å²) in [7, 11) is 1.64. The van der Waals surface area contributed by atoms with Crippen molar-refractivity contribution < 1.29 is 14.2 Å². The monoisotopic (exact) mass is 387 g/mol. The second kappa shape index (κ2) is 9.60. The molecule has 0 aliphatic carbocycles. The summed E-state index contributed by atoms with van der Waals surface area (Å²) in [5.74, 6) is 2.69. The third-order valence-electron chi connectivity index (χ3n) is 4.24. The van der Waals surface area contributed by atoms with E-state index in [1.807, 2.05) is 93.6 Å². The summed E-state index contributed by atoms with van der Waals surface area (Å²) in [6, 6.07) is 23.2. The van der Waals surface area contributed by atoms with E-state index in [1.54, 1.807) is 13.4 Å². The van der Waals surface area contributed by atoms with E-state index in [4.69, 9.17) is 19.2 Å². The Bertz CT molecular complexity index is 1000. The molecule has 0 aliphatic heterocycles. The van der Waals surface area contributed by atoms with Gasteiger partial charge in [-0.15, -0.1) is 0 Å². The van der Waals surface area contributed by atoms with Crippen LogP contribution in [0.15, 0.2) is 89.6 Å². The summed E-state index contributed by atoms with van der Waals surface area (Å²) in [6.07, 6.45) is 1.64. The van der Waals surface area contributed by atoms with E-state index >= 15 is 0 Å². The van der Waals surface area contributed by atoms with E-state index in [9.17, 15) is 0 Å². The molecule has 0 N–H and O–H groups in total. The molecule has 0 unspecified atom stereocenters. The largest absolute Gasteiger partial charge is 0.497 e. The van der Waals surface area contributed by atoms with Gasteiger partial charge in [-0.05, 0) is 74.9 Å². The first-order valence-electron chi connectivity index (χ1n) is 9.41. The average Bonchev–Trinajstić information content (AvgIpc) is 2.73. The maximum atomic E-state index is 6.10. The van der Waals surface area contributed by atoms with Crippen molar-refractivity contribution in [2.45, 2.75) is 20.8 Å². The van der Waals surface area contributed by atoms with Crippen molar-refractivity contribution in [2.75, 3.05) is 7.11 Å². The highest BCUT2D eigenvalue weighted by atomic mass is 16.5. The van der Waals surface area contributed by atoms with Gasteiger partial charge in [0.05, 0.1) is 19.1 Å². The zero-order chi connectivity index (χ0) is 20.6. The molecule has 3 aromatic carbocycles. The number of hydrogen-bond acceptors (Lipinski definition) is 4. The van der Waals surface area contributed by atoms with Crippen LogP contribution in [0.4, 0.5) is 5.69 Å². The quantitative estimate of drug-likeness (QED) is 0.279. The van der Waals surface area contributed by atoms with Gasteiger partial charge in [0.1, 0.15) is 17.2 Å². The molecular formula is C25H25NO3. The highest BCUT2D eigenvalue weighted by Crippen LogP contribution is 2.21. The van der Waals surface area contributed by atoms with E-state index < -0.39 is 0 Å². The van der Waals surface area contributed by atoms with E-state index in [1.165, 1.54) is 5.56 Å². The molecule has 0 saturated carbocycles. The van der Waals surface area contributed by atoms with Crippen LogP contribution >= 0.6 is 0 Å². The predicted octanol–water partition coefficient (Wildman–Crippen LogP) is 6.40. The Morgan fingerprint density at radius 2 is 1.48 bits per heavy atom. The van der Waals surface area contributed by atoms with Crippen LogP contribution in [0.2, 0.25) is 0 Å². The fourth-order valence-corrected chi connectivity index (χ4v) is 2.58. The second-order valence-corrected chi connectivity index (χ2v) is 6.77. The number of benzene rings is 3. The van der Waals surface area contributed by atoms with Crippen molar-refractivity contribution in [3.05, 3.63) is 95.8 Å². The van der Waals surface area contributed by atoms with E-state index in [0.29, 0.717) is 11.6 Å². The highest BCUT2D eigenvalue weighted by molar-refractivity contribution is 5.96. The lowest BCUT2D eigenvalue weighted by Gasteiger charge is -2.11. The normalized spacial score (nSPS) is 11.9. The molecule has 0 bridgehead atoms. The lowest BCUT2D eigenvalue weighted by Crippen LogP contribution is -2.11. The number of aliphatic imine (C=N–C) groups is 1. The van der Waals surface area contributed by atoms with E-state index in [-0.39, 0.29) is 0 Å². The minimum atomic E-state index is 0.480. The molecule has 0 radical (unpaired) electrons. The molecule has 4 nitrogen and oxygen atoms in total. The summed E-state index contributed by atoms with van der Waals surface area (Å²) in [5.41, 5.74) is 3.88. The molecule has 0 aliphatic rings. The number of ether oxygens (including phenoxy) is 3. The van der Waals surface area contributed by atoms with E-state index in [2.05, 4.69) is 0 Å². The summed E-state index contributed by atoms with van der Waals surface area (Å²) in [6.45, 7) is 5.98. The van der Waals surface area contributed by atoms with Crippen LogP contribution < -0.4 is 14.2 Å². The van der Waals surface area contributed by atoms with Crippen LogP contribution in [0.3, 0.4) is 0 Å². The minimum Gasteiger partial charge on any atom is -0.497 e. The Labute approximate surface area is 172 Å². The minimum absolute atomic E-state index is 0.480. The molecule has 0 atom stereocenters. The summed E-state index contributed by atoms with van der Waals surface area (Å²) >= 11 is 0. The number of rotatable bonds is 6. The number of nitrogens with zero attached hydrogens (tertiary/aromatic N) is 1. The molecule has 0 saturated heterocycles. The molecule has 3 aromatic rings. The Morgan fingerprint density at radius 1 is 0.793 bits per heavy atom. The lowest BCUT2D eigenvalue weighted by molar-refractivity contribution is 0.412. The summed E-state index contributed by atoms with van der Waals surface area (Å²) < 4.78 is 17.1. The van der Waals surface area contributed by atoms with Crippen LogP contribution in [-0.4, -0.2) is 13.0 Å². The first kappa shape index (κ1) is 20.2. The molecule has 0 fully saturated rings. The molecule has 29 heavy (non-hydrogen) atoms. The van der Waals surface area contributed by atoms with Gasteiger partial charge < -0.3 is 14.2 Å². The topological polar surface area (TPSA) is 40.0 Å². The van der Waals surface area contributed by atoms with Gasteiger partial charge in [-0.25, -0.2) is 4.99 Å². The first-order valence-corrected chi connectivity index (χ1v) is 9.41. The van der Waals surface area contributed by atoms with Gasteiger partial charge in [-0.2, -0.15) is 0 Å². The molecule has 0 spiro atoms. The fraction of sp³-hybridized carbons (Fsp3) is 0.160. The van der Waals surface area contributed by atoms with Gasteiger partial charge >= 0.3 is 0 Å². The maximum Gasteiger partial charge on any atom is 0.225 e. The van der Waals surface area contributed by atoms with Gasteiger partial charge in [0.15, 0.2) is 0 Å². The van der Waals surface area contributed by atoms with E-state index in [0.717, 1.165) is 28.3 Å². The van der Waals surface area contributed by atoms with Crippen molar-refractivity contribution in [2.24, 2.45) is 4.99 Å². The van der Waals surface area contributed by atoms with Crippen molar-refractivity contribution in [3.8, 4) is 17.2 Å². The number of aryl methyl sites for hydroxylation is 2. The molecular weight excluding hydrogens is 362 g/mol. The SMILES string of the molecule is COc1ccc(O/C=C(C)/C(=N/c2ccc(C)cc2)Oc2cccc(C)c2)cc1. The van der Waals surface area contributed by atoms with Crippen molar-refractivity contribution >= 4 is 11.6 Å². The standard InChI is InChI=1S/C25H25NO3/c1-18-8-10-21(11-9-18)26-25(29-24-7-5-6-19(2)16-24)20(3)17-28-23-14-12-22(27-4)13-15-23/h5-17H,1-4H3/b20-17+,26-25-.